The van der Waals surface area contributed by atoms with Crippen LogP contribution < -0.4 is 4.98 Å². The second-order valence-electron chi connectivity index (χ2n) is 17.6. The number of para-hydroxylation sites is 2. The molecule has 0 amide bonds. The van der Waals surface area contributed by atoms with E-state index in [1.807, 2.05) is 18.3 Å². The summed E-state index contributed by atoms with van der Waals surface area (Å²) in [6.45, 7) is 28.2. The van der Waals surface area contributed by atoms with Gasteiger partial charge in [0.1, 0.15) is 5.82 Å². The zero-order valence-corrected chi connectivity index (χ0v) is 35.0. The smallest absolute Gasteiger partial charge is 0.661 e. The number of fused-ring (bicyclic) bond motifs is 3. The van der Waals surface area contributed by atoms with Gasteiger partial charge in [0, 0.05) is 39.1 Å². The molecular formula is C46H51N5Pt. The van der Waals surface area contributed by atoms with Crippen LogP contribution in [0.5, 0.6) is 0 Å². The molecule has 7 aromatic rings. The molecule has 0 bridgehead atoms. The Balaban J connectivity index is 0.00000420. The molecule has 0 fully saturated rings. The summed E-state index contributed by atoms with van der Waals surface area (Å²) in [7, 11) is 0. The number of rotatable bonds is 7. The van der Waals surface area contributed by atoms with Crippen LogP contribution in [0.2, 0.25) is 0 Å². The van der Waals surface area contributed by atoms with Crippen LogP contribution >= 0.6 is 0 Å². The normalized spacial score (nSPS) is 15.4. The van der Waals surface area contributed by atoms with Gasteiger partial charge in [0.25, 0.3) is 0 Å². The summed E-state index contributed by atoms with van der Waals surface area (Å²) in [6.07, 6.45) is 4.16. The van der Waals surface area contributed by atoms with Crippen molar-refractivity contribution in [1.82, 2.24) is 23.9 Å². The fourth-order valence-corrected chi connectivity index (χ4v) is 8.67. The predicted molar refractivity (Wildman–Crippen MR) is 212 cm³/mol. The van der Waals surface area contributed by atoms with Gasteiger partial charge in [-0.15, -0.1) is 29.7 Å². The van der Waals surface area contributed by atoms with E-state index in [0.717, 1.165) is 33.9 Å². The monoisotopic (exact) mass is 868 g/mol. The van der Waals surface area contributed by atoms with Crippen LogP contribution in [-0.2, 0) is 42.7 Å². The number of hydrogen-bond acceptors (Lipinski definition) is 2. The van der Waals surface area contributed by atoms with Crippen LogP contribution in [0.4, 0.5) is 0 Å². The number of benzene rings is 3. The van der Waals surface area contributed by atoms with E-state index in [0.29, 0.717) is 11.8 Å². The fraction of sp³-hybridized carbons (Fsp3) is 0.391. The van der Waals surface area contributed by atoms with Crippen molar-refractivity contribution in [3.63, 3.8) is 0 Å². The Bertz CT molecular complexity index is 2460. The molecule has 270 valence electrons. The largest absolute Gasteiger partial charge is 2.00 e. The molecule has 1 aliphatic rings. The maximum atomic E-state index is 5.72. The first-order valence-corrected chi connectivity index (χ1v) is 18.6. The van der Waals surface area contributed by atoms with Gasteiger partial charge < -0.3 is 14.0 Å². The summed E-state index contributed by atoms with van der Waals surface area (Å²) in [5, 5.41) is 3.53. The molecular weight excluding hydrogens is 818 g/mol. The van der Waals surface area contributed by atoms with Gasteiger partial charge in [0.05, 0.1) is 22.7 Å². The van der Waals surface area contributed by atoms with Gasteiger partial charge in [0.2, 0.25) is 0 Å². The Hall–Kier alpha value is -3.95. The molecule has 6 heteroatoms. The molecule has 0 radical (unpaired) electrons. The maximum absolute atomic E-state index is 5.72. The van der Waals surface area contributed by atoms with Crippen LogP contribution in [-0.4, -0.2) is 18.9 Å². The van der Waals surface area contributed by atoms with Crippen LogP contribution in [0.3, 0.4) is 0 Å². The van der Waals surface area contributed by atoms with Crippen molar-refractivity contribution in [1.29, 1.82) is 0 Å². The second-order valence-corrected chi connectivity index (χ2v) is 17.6. The molecule has 0 saturated carbocycles. The Labute approximate surface area is 323 Å². The Morgan fingerprint density at radius 3 is 2.04 bits per heavy atom. The van der Waals surface area contributed by atoms with Gasteiger partial charge in [0.15, 0.2) is 0 Å². The summed E-state index contributed by atoms with van der Waals surface area (Å²) >= 11 is 0. The van der Waals surface area contributed by atoms with Crippen LogP contribution in [0, 0.1) is 6.07 Å². The minimum Gasteiger partial charge on any atom is -0.661 e. The predicted octanol–water partition coefficient (Wildman–Crippen LogP) is 11.3. The average Bonchev–Trinajstić information content (AvgIpc) is 3.86. The minimum absolute atomic E-state index is 0. The summed E-state index contributed by atoms with van der Waals surface area (Å²) in [5.74, 6) is 1.57. The fourth-order valence-electron chi connectivity index (χ4n) is 8.67. The van der Waals surface area contributed by atoms with E-state index in [1.54, 1.807) is 0 Å². The van der Waals surface area contributed by atoms with Gasteiger partial charge in [-0.2, -0.15) is 6.20 Å². The van der Waals surface area contributed by atoms with Gasteiger partial charge in [-0.1, -0.05) is 143 Å². The van der Waals surface area contributed by atoms with E-state index >= 15 is 0 Å². The first-order chi connectivity index (χ1) is 24.0. The SMILES string of the molecule is CC(C)c1cccc(C(C)C)c1-n1cc(C(C)(C)C(C)(C)c2nc3c4[c-]cccc4c4cccc5c4n3c2C(C)(C)C5(C)C)nc1-c1ccc[n-]1.[Pt+2]. The zero-order valence-electron chi connectivity index (χ0n) is 32.7. The zero-order chi connectivity index (χ0) is 36.4. The maximum Gasteiger partial charge on any atom is 2.00 e. The third kappa shape index (κ3) is 4.76. The van der Waals surface area contributed by atoms with Gasteiger partial charge in [-0.3, -0.25) is 4.98 Å². The van der Waals surface area contributed by atoms with E-state index in [2.05, 4.69) is 159 Å². The quantitative estimate of drug-likeness (QED) is 0.118. The second kappa shape index (κ2) is 12.0. The molecule has 0 N–H and O–H groups in total. The molecule has 0 unspecified atom stereocenters. The molecule has 3 aromatic carbocycles. The van der Waals surface area contributed by atoms with E-state index in [9.17, 15) is 0 Å². The molecule has 5 heterocycles. The average molecular weight is 869 g/mol. The van der Waals surface area contributed by atoms with Gasteiger partial charge >= 0.3 is 21.1 Å². The van der Waals surface area contributed by atoms with Crippen LogP contribution in [0.15, 0.2) is 79.1 Å². The van der Waals surface area contributed by atoms with Crippen molar-refractivity contribution in [2.24, 2.45) is 0 Å². The van der Waals surface area contributed by atoms with Crippen molar-refractivity contribution in [2.75, 3.05) is 0 Å². The summed E-state index contributed by atoms with van der Waals surface area (Å²) < 4.78 is 4.83. The third-order valence-electron chi connectivity index (χ3n) is 13.2. The molecule has 0 atom stereocenters. The van der Waals surface area contributed by atoms with E-state index in [-0.39, 0.29) is 31.9 Å². The Morgan fingerprint density at radius 2 is 1.40 bits per heavy atom. The van der Waals surface area contributed by atoms with E-state index in [4.69, 9.17) is 15.0 Å². The van der Waals surface area contributed by atoms with Crippen LogP contribution in [0.25, 0.3) is 44.5 Å². The Morgan fingerprint density at radius 1 is 0.750 bits per heavy atom. The molecule has 5 nitrogen and oxygen atoms in total. The number of nitrogens with zero attached hydrogens (tertiary/aromatic N) is 5. The van der Waals surface area contributed by atoms with Crippen molar-refractivity contribution in [3.8, 4) is 17.2 Å². The van der Waals surface area contributed by atoms with E-state index < -0.39 is 10.8 Å². The number of aromatic nitrogens is 5. The minimum atomic E-state index is -0.436. The van der Waals surface area contributed by atoms with Crippen molar-refractivity contribution in [3.05, 3.63) is 119 Å². The molecule has 0 saturated heterocycles. The number of imidazole rings is 2. The van der Waals surface area contributed by atoms with Gasteiger partial charge in [-0.05, 0) is 33.9 Å². The third-order valence-corrected chi connectivity index (χ3v) is 13.2. The Kier molecular flexibility index (Phi) is 8.43. The standard InChI is InChI=1S/C46H51N5.Pt/c1-27(2)29-20-15-21-30(28(3)4)37(29)50-26-36(48-42(50)35-24-17-25-47-35)44(7,8)45(9,10)39-40-46(11,12)43(5,6)34-23-16-22-32-31-18-13-14-19-33(31)41(49-39)51(40)38(32)34;/h13-18,20-28H,1-12H3;/q-2;+2. The molecule has 0 spiro atoms. The topological polar surface area (TPSA) is 49.2 Å². The summed E-state index contributed by atoms with van der Waals surface area (Å²) in [4.78, 5) is 16.0. The number of pyridine rings is 1. The van der Waals surface area contributed by atoms with Crippen molar-refractivity contribution >= 4 is 27.3 Å². The van der Waals surface area contributed by atoms with Crippen molar-refractivity contribution in [2.45, 2.75) is 117 Å². The number of hydrogen-bond donors (Lipinski definition) is 0. The first-order valence-electron chi connectivity index (χ1n) is 18.6. The molecule has 4 aromatic heterocycles. The van der Waals surface area contributed by atoms with Crippen LogP contribution in [0.1, 0.15) is 129 Å². The molecule has 1 aliphatic heterocycles. The molecule has 8 rings (SSSR count). The summed E-state index contributed by atoms with van der Waals surface area (Å²) in [6, 6.07) is 27.6. The van der Waals surface area contributed by atoms with E-state index in [1.165, 1.54) is 44.4 Å². The van der Waals surface area contributed by atoms with Crippen molar-refractivity contribution < 1.29 is 21.1 Å². The molecule has 0 aliphatic carbocycles. The molecule has 52 heavy (non-hydrogen) atoms. The van der Waals surface area contributed by atoms with Gasteiger partial charge in [-0.25, -0.2) is 4.98 Å². The first kappa shape index (κ1) is 36.4. The summed E-state index contributed by atoms with van der Waals surface area (Å²) in [5.41, 5.74) is 10.5.